The van der Waals surface area contributed by atoms with Gasteiger partial charge in [0.2, 0.25) is 5.91 Å². The summed E-state index contributed by atoms with van der Waals surface area (Å²) in [5.41, 5.74) is 1.20. The van der Waals surface area contributed by atoms with Gasteiger partial charge in [-0.3, -0.25) is 4.79 Å². The summed E-state index contributed by atoms with van der Waals surface area (Å²) in [6, 6.07) is 22.1. The molecular weight excluding hydrogens is 502 g/mol. The third-order valence-corrected chi connectivity index (χ3v) is 7.68. The van der Waals surface area contributed by atoms with Crippen LogP contribution >= 0.6 is 11.8 Å². The zero-order chi connectivity index (χ0) is 27.5. The predicted molar refractivity (Wildman–Crippen MR) is 146 cm³/mol. The molecule has 2 N–H and O–H groups in total. The number of hydrogen-bond acceptors (Lipinski definition) is 6. The summed E-state index contributed by atoms with van der Waals surface area (Å²) in [7, 11) is 0. The van der Waals surface area contributed by atoms with Gasteiger partial charge in [-0.25, -0.2) is 9.59 Å². The van der Waals surface area contributed by atoms with E-state index in [1.54, 1.807) is 11.8 Å². The van der Waals surface area contributed by atoms with Gasteiger partial charge in [0.05, 0.1) is 16.7 Å². The van der Waals surface area contributed by atoms with Crippen molar-refractivity contribution in [1.82, 2.24) is 9.80 Å². The Kier molecular flexibility index (Phi) is 10.5. The maximum atomic E-state index is 14.3. The Labute approximate surface area is 227 Å². The van der Waals surface area contributed by atoms with Crippen molar-refractivity contribution in [2.75, 3.05) is 31.9 Å². The molecule has 0 radical (unpaired) electrons. The van der Waals surface area contributed by atoms with E-state index in [9.17, 15) is 10.1 Å². The summed E-state index contributed by atoms with van der Waals surface area (Å²) in [5.74, 6) is -2.83. The van der Waals surface area contributed by atoms with Crippen LogP contribution in [0.2, 0.25) is 0 Å². The van der Waals surface area contributed by atoms with E-state index < -0.39 is 17.4 Å². The van der Waals surface area contributed by atoms with Crippen LogP contribution < -0.4 is 0 Å². The van der Waals surface area contributed by atoms with Crippen molar-refractivity contribution in [2.24, 2.45) is 0 Å². The molecule has 0 bridgehead atoms. The molecule has 0 aromatic heterocycles. The minimum absolute atomic E-state index is 0.000967. The standard InChI is InChI=1S/C27H31N3OS.C2H2O4/c1-2-32-25-24(21-28)27(22-13-6-3-7-14-22,23-15-8-4-9-16-23)26(31)30(25)20-12-19-29-17-10-5-11-18-29;3-1(4)2(5)6/h3-4,6-9,13-16H,2,5,10-12,17-20H2,1H3;(H,3,4)(H,5,6). The van der Waals surface area contributed by atoms with E-state index in [0.29, 0.717) is 12.1 Å². The summed E-state index contributed by atoms with van der Waals surface area (Å²) in [6.07, 6.45) is 4.77. The first-order valence-corrected chi connectivity index (χ1v) is 13.8. The van der Waals surface area contributed by atoms with Crippen LogP contribution in [0.1, 0.15) is 43.7 Å². The smallest absolute Gasteiger partial charge is 0.414 e. The number of aliphatic carboxylic acids is 2. The Balaban J connectivity index is 0.000000599. The SMILES string of the molecule is CCSC1=C(C#N)C(c2ccccc2)(c2ccccc2)C(=O)N1CCCN1CCCCC1.O=C(O)C(=O)O. The quantitative estimate of drug-likeness (QED) is 0.479. The maximum absolute atomic E-state index is 14.3. The minimum atomic E-state index is -1.82. The van der Waals surface area contributed by atoms with Crippen LogP contribution in [0, 0.1) is 11.3 Å². The van der Waals surface area contributed by atoms with Crippen molar-refractivity contribution in [3.63, 3.8) is 0 Å². The molecule has 2 aromatic rings. The molecule has 1 amide bonds. The van der Waals surface area contributed by atoms with E-state index in [1.165, 1.54) is 19.3 Å². The highest BCUT2D eigenvalue weighted by molar-refractivity contribution is 8.03. The molecule has 1 saturated heterocycles. The van der Waals surface area contributed by atoms with E-state index in [-0.39, 0.29) is 5.91 Å². The summed E-state index contributed by atoms with van der Waals surface area (Å²) in [6.45, 7) is 6.03. The molecule has 2 heterocycles. The predicted octanol–water partition coefficient (Wildman–Crippen LogP) is 4.33. The lowest BCUT2D eigenvalue weighted by Crippen LogP contribution is -2.42. The number of carbonyl (C=O) groups is 3. The molecule has 4 rings (SSSR count). The van der Waals surface area contributed by atoms with Crippen LogP contribution in [0.4, 0.5) is 0 Å². The molecule has 0 unspecified atom stereocenters. The van der Waals surface area contributed by atoms with Crippen molar-refractivity contribution < 1.29 is 24.6 Å². The van der Waals surface area contributed by atoms with E-state index in [4.69, 9.17) is 19.8 Å². The zero-order valence-electron chi connectivity index (χ0n) is 21.5. The summed E-state index contributed by atoms with van der Waals surface area (Å²) in [5, 5.41) is 26.0. The second-order valence-electron chi connectivity index (χ2n) is 9.03. The molecule has 200 valence electrons. The average Bonchev–Trinajstić information content (AvgIpc) is 3.18. The van der Waals surface area contributed by atoms with Gasteiger partial charge in [0.25, 0.3) is 0 Å². The van der Waals surface area contributed by atoms with E-state index in [0.717, 1.165) is 48.0 Å². The molecule has 0 spiro atoms. The molecule has 0 saturated carbocycles. The fraction of sp³-hybridized carbons (Fsp3) is 0.379. The van der Waals surface area contributed by atoms with Gasteiger partial charge in [0.15, 0.2) is 0 Å². The first-order chi connectivity index (χ1) is 18.4. The van der Waals surface area contributed by atoms with Crippen molar-refractivity contribution in [3.05, 3.63) is 82.4 Å². The number of benzene rings is 2. The van der Waals surface area contributed by atoms with E-state index in [2.05, 4.69) is 17.9 Å². The third-order valence-electron chi connectivity index (χ3n) is 6.69. The number of likely N-dealkylation sites (tertiary alicyclic amines) is 1. The lowest BCUT2D eigenvalue weighted by Gasteiger charge is -2.31. The number of rotatable bonds is 8. The number of carboxylic acids is 2. The van der Waals surface area contributed by atoms with Gasteiger partial charge < -0.3 is 20.0 Å². The van der Waals surface area contributed by atoms with Gasteiger partial charge in [0, 0.05) is 6.54 Å². The number of nitrogens with zero attached hydrogens (tertiary/aromatic N) is 3. The maximum Gasteiger partial charge on any atom is 0.414 e. The van der Waals surface area contributed by atoms with Crippen molar-refractivity contribution in [1.29, 1.82) is 5.26 Å². The van der Waals surface area contributed by atoms with E-state index in [1.807, 2.05) is 65.6 Å². The monoisotopic (exact) mass is 535 g/mol. The highest BCUT2D eigenvalue weighted by Gasteiger charge is 2.55. The molecule has 9 heteroatoms. The van der Waals surface area contributed by atoms with Gasteiger partial charge in [-0.2, -0.15) is 5.26 Å². The summed E-state index contributed by atoms with van der Waals surface area (Å²) in [4.78, 5) is 36.9. The molecule has 1 fully saturated rings. The summed E-state index contributed by atoms with van der Waals surface area (Å²) < 4.78 is 0. The average molecular weight is 536 g/mol. The van der Waals surface area contributed by atoms with Crippen molar-refractivity contribution in [2.45, 2.75) is 38.0 Å². The molecule has 2 aliphatic heterocycles. The molecular formula is C29H33N3O5S. The second kappa shape index (κ2) is 13.8. The van der Waals surface area contributed by atoms with Gasteiger partial charge in [0.1, 0.15) is 5.41 Å². The lowest BCUT2D eigenvalue weighted by atomic mass is 9.70. The fourth-order valence-electron chi connectivity index (χ4n) is 5.03. The van der Waals surface area contributed by atoms with Crippen LogP contribution in [-0.2, 0) is 19.8 Å². The molecule has 2 aromatic carbocycles. The zero-order valence-corrected chi connectivity index (χ0v) is 22.3. The largest absolute Gasteiger partial charge is 0.473 e. The van der Waals surface area contributed by atoms with Crippen LogP contribution in [0.5, 0.6) is 0 Å². The summed E-state index contributed by atoms with van der Waals surface area (Å²) >= 11 is 1.61. The normalized spacial score (nSPS) is 16.9. The Morgan fingerprint density at radius 2 is 1.45 bits per heavy atom. The van der Waals surface area contributed by atoms with Gasteiger partial charge in [-0.05, 0) is 55.8 Å². The molecule has 0 aliphatic carbocycles. The number of carbonyl (C=O) groups excluding carboxylic acids is 1. The van der Waals surface area contributed by atoms with Crippen LogP contribution in [0.15, 0.2) is 71.3 Å². The Morgan fingerprint density at radius 3 is 1.89 bits per heavy atom. The Morgan fingerprint density at radius 1 is 0.921 bits per heavy atom. The highest BCUT2D eigenvalue weighted by Crippen LogP contribution is 2.50. The number of nitriles is 1. The first kappa shape index (κ1) is 29.0. The van der Waals surface area contributed by atoms with Gasteiger partial charge >= 0.3 is 11.9 Å². The number of carboxylic acid groups (broad SMARTS) is 2. The topological polar surface area (TPSA) is 122 Å². The number of thioether (sulfide) groups is 1. The fourth-order valence-corrected chi connectivity index (χ4v) is 5.98. The van der Waals surface area contributed by atoms with E-state index >= 15 is 0 Å². The van der Waals surface area contributed by atoms with Gasteiger partial charge in [-0.1, -0.05) is 74.0 Å². The number of piperidine rings is 1. The first-order valence-electron chi connectivity index (χ1n) is 12.8. The van der Waals surface area contributed by atoms with Crippen LogP contribution in [0.25, 0.3) is 0 Å². The highest BCUT2D eigenvalue weighted by atomic mass is 32.2. The molecule has 0 atom stereocenters. The van der Waals surface area contributed by atoms with Crippen molar-refractivity contribution >= 4 is 29.6 Å². The Hall–Kier alpha value is -3.61. The molecule has 2 aliphatic rings. The number of amides is 1. The molecule has 8 nitrogen and oxygen atoms in total. The van der Waals surface area contributed by atoms with Crippen LogP contribution in [0.3, 0.4) is 0 Å². The minimum Gasteiger partial charge on any atom is -0.473 e. The Bertz CT molecular complexity index is 1140. The molecule has 38 heavy (non-hydrogen) atoms. The van der Waals surface area contributed by atoms with Crippen molar-refractivity contribution in [3.8, 4) is 6.07 Å². The lowest BCUT2D eigenvalue weighted by molar-refractivity contribution is -0.159. The third kappa shape index (κ3) is 6.26. The second-order valence-corrected chi connectivity index (χ2v) is 10.3. The number of hydrogen-bond donors (Lipinski definition) is 2. The van der Waals surface area contributed by atoms with Crippen LogP contribution in [-0.4, -0.2) is 69.8 Å². The van der Waals surface area contributed by atoms with Gasteiger partial charge in [-0.15, -0.1) is 11.8 Å².